The number of methoxy groups -OCH3 is 2. The van der Waals surface area contributed by atoms with E-state index in [1.54, 1.807) is 51.1 Å². The smallest absolute Gasteiger partial charge is 0.407 e. The molecule has 14 heteroatoms. The van der Waals surface area contributed by atoms with Gasteiger partial charge >= 0.3 is 18.0 Å². The predicted molar refractivity (Wildman–Crippen MR) is 194 cm³/mol. The van der Waals surface area contributed by atoms with Gasteiger partial charge in [-0.05, 0) is 83.3 Å². The van der Waals surface area contributed by atoms with Crippen LogP contribution in [0.25, 0.3) is 0 Å². The lowest BCUT2D eigenvalue weighted by Crippen LogP contribution is -2.78. The number of hydrogen-bond donors (Lipinski definition) is 2. The Bertz CT molecular complexity index is 1460. The fourth-order valence-electron chi connectivity index (χ4n) is 9.74. The van der Waals surface area contributed by atoms with Crippen LogP contribution in [-0.4, -0.2) is 107 Å². The summed E-state index contributed by atoms with van der Waals surface area (Å²) in [7, 11) is 2.94. The summed E-state index contributed by atoms with van der Waals surface area (Å²) in [6.07, 6.45) is -0.785. The molecule has 0 aromatic heterocycles. The zero-order valence-electron chi connectivity index (χ0n) is 32.8. The summed E-state index contributed by atoms with van der Waals surface area (Å²) in [6.45, 7) is 7.56. The normalized spacial score (nSPS) is 29.9. The van der Waals surface area contributed by atoms with Crippen molar-refractivity contribution in [1.29, 1.82) is 0 Å². The summed E-state index contributed by atoms with van der Waals surface area (Å²) < 4.78 is 40.5. The first-order chi connectivity index (χ1) is 25.6. The summed E-state index contributed by atoms with van der Waals surface area (Å²) in [5, 5.41) is 13.6. The van der Waals surface area contributed by atoms with E-state index in [4.69, 9.17) is 33.2 Å². The SMILES string of the molecule is COCO[C@@H]1[C@@H](CCO)[C@]2(COC(=O)c3ccccc3)CC[C@@]1([C@H](C)CNC(=O)OC(C)(C)C)C(=O)[C@]2(CCCOC(C)=O)[C@@H]1C(=O)CC[C@H]1OCOC. The molecule has 0 saturated heterocycles. The van der Waals surface area contributed by atoms with Crippen LogP contribution in [0.2, 0.25) is 0 Å². The number of benzene rings is 1. The van der Waals surface area contributed by atoms with Gasteiger partial charge in [-0.25, -0.2) is 9.59 Å². The molecule has 14 nitrogen and oxygen atoms in total. The van der Waals surface area contributed by atoms with Gasteiger partial charge in [-0.3, -0.25) is 14.4 Å². The number of aliphatic hydroxyl groups is 1. The van der Waals surface area contributed by atoms with Gasteiger partial charge in [0.2, 0.25) is 0 Å². The molecule has 1 aromatic rings. The van der Waals surface area contributed by atoms with Crippen molar-refractivity contribution in [2.24, 2.45) is 34.0 Å². The molecule has 0 radical (unpaired) electrons. The lowest BCUT2D eigenvalue weighted by Gasteiger charge is -2.71. The van der Waals surface area contributed by atoms with Crippen LogP contribution in [0.15, 0.2) is 30.3 Å². The van der Waals surface area contributed by atoms with Gasteiger partial charge in [0.05, 0.1) is 47.7 Å². The molecule has 4 fully saturated rings. The van der Waals surface area contributed by atoms with Crippen LogP contribution in [0.5, 0.6) is 0 Å². The summed E-state index contributed by atoms with van der Waals surface area (Å²) in [5.41, 5.74) is -4.59. The molecular formula is C40H59NO13. The molecule has 1 amide bonds. The van der Waals surface area contributed by atoms with Crippen LogP contribution in [0, 0.1) is 34.0 Å². The lowest BCUT2D eigenvalue weighted by atomic mass is 9.32. The van der Waals surface area contributed by atoms with Crippen molar-refractivity contribution in [1.82, 2.24) is 5.32 Å². The van der Waals surface area contributed by atoms with Crippen molar-refractivity contribution in [2.75, 3.05) is 54.2 Å². The molecule has 0 heterocycles. The second-order valence-corrected chi connectivity index (χ2v) is 15.9. The molecule has 4 aliphatic carbocycles. The average molecular weight is 762 g/mol. The fraction of sp³-hybridized carbons (Fsp3) is 0.725. The number of ketones is 2. The molecule has 4 aliphatic rings. The largest absolute Gasteiger partial charge is 0.466 e. The first kappa shape index (κ1) is 43.3. The number of esters is 2. The Morgan fingerprint density at radius 2 is 1.69 bits per heavy atom. The highest BCUT2D eigenvalue weighted by atomic mass is 16.7. The molecule has 0 spiro atoms. The second-order valence-electron chi connectivity index (χ2n) is 15.9. The highest BCUT2D eigenvalue weighted by molar-refractivity contribution is 6.00. The van der Waals surface area contributed by atoms with Crippen molar-refractivity contribution in [3.05, 3.63) is 35.9 Å². The van der Waals surface area contributed by atoms with Gasteiger partial charge in [0.15, 0.2) is 0 Å². The number of nitrogens with one attached hydrogen (secondary N) is 1. The van der Waals surface area contributed by atoms with Crippen LogP contribution in [0.1, 0.15) is 89.9 Å². The van der Waals surface area contributed by atoms with Gasteiger partial charge < -0.3 is 43.6 Å². The van der Waals surface area contributed by atoms with Crippen molar-refractivity contribution < 1.29 is 62.2 Å². The Kier molecular flexibility index (Phi) is 14.8. The van der Waals surface area contributed by atoms with Crippen molar-refractivity contribution >= 4 is 29.6 Å². The molecule has 1 aromatic carbocycles. The summed E-state index contributed by atoms with van der Waals surface area (Å²) in [5.74, 6) is -3.77. The van der Waals surface area contributed by atoms with Gasteiger partial charge in [-0.2, -0.15) is 0 Å². The van der Waals surface area contributed by atoms with E-state index in [0.29, 0.717) is 18.4 Å². The number of ether oxygens (including phenoxy) is 7. The highest BCUT2D eigenvalue weighted by Crippen LogP contribution is 2.73. The zero-order valence-corrected chi connectivity index (χ0v) is 32.8. The third-order valence-corrected chi connectivity index (χ3v) is 11.7. The first-order valence-corrected chi connectivity index (χ1v) is 18.9. The van der Waals surface area contributed by atoms with E-state index in [2.05, 4.69) is 5.32 Å². The quantitative estimate of drug-likeness (QED) is 0.0862. The maximum Gasteiger partial charge on any atom is 0.407 e. The van der Waals surface area contributed by atoms with E-state index in [9.17, 15) is 24.3 Å². The number of hydrogen-bond acceptors (Lipinski definition) is 13. The minimum Gasteiger partial charge on any atom is -0.466 e. The molecule has 302 valence electrons. The number of carbonyl (C=O) groups is 5. The van der Waals surface area contributed by atoms with E-state index in [1.807, 2.05) is 6.92 Å². The van der Waals surface area contributed by atoms with Gasteiger partial charge in [0.1, 0.15) is 30.8 Å². The predicted octanol–water partition coefficient (Wildman–Crippen LogP) is 4.64. The Morgan fingerprint density at radius 3 is 2.31 bits per heavy atom. The Morgan fingerprint density at radius 1 is 1.00 bits per heavy atom. The minimum atomic E-state index is -1.55. The molecular weight excluding hydrogens is 702 g/mol. The first-order valence-electron chi connectivity index (χ1n) is 18.9. The second kappa shape index (κ2) is 18.5. The van der Waals surface area contributed by atoms with Crippen LogP contribution in [0.3, 0.4) is 0 Å². The minimum absolute atomic E-state index is 0.0220. The standard InChI is InChI=1S/C40H59NO13/c1-26(22-41-36(47)54-37(3,4)5)39-19-18-38(29(16-20-42)33(39)53-25-49-7,23-51-34(45)28-12-9-8-10-13-28)40(35(39)46,17-11-21-50-27(2)43)32-30(44)14-15-31(32)52-24-48-6/h8-10,12-13,26,29,31-33,42H,11,14-25H2,1-7H3,(H,41,47)/t26-,29-,31-,32-,33-,38-,39+,40+/m1/s1. The molecule has 5 rings (SSSR count). The molecule has 0 unspecified atom stereocenters. The van der Waals surface area contributed by atoms with Crippen molar-refractivity contribution in [3.63, 3.8) is 0 Å². The van der Waals surface area contributed by atoms with Gasteiger partial charge in [0.25, 0.3) is 0 Å². The fourth-order valence-corrected chi connectivity index (χ4v) is 9.74. The average Bonchev–Trinajstić information content (AvgIpc) is 3.50. The van der Waals surface area contributed by atoms with Gasteiger partial charge in [-0.15, -0.1) is 0 Å². The Labute approximate surface area is 318 Å². The molecule has 54 heavy (non-hydrogen) atoms. The van der Waals surface area contributed by atoms with Crippen molar-refractivity contribution in [2.45, 2.75) is 97.4 Å². The van der Waals surface area contributed by atoms with Gasteiger partial charge in [-0.1, -0.05) is 25.1 Å². The molecule has 2 bridgehead atoms. The number of fused-ring (bicyclic) bond motifs is 3. The number of rotatable bonds is 19. The third kappa shape index (κ3) is 8.67. The monoisotopic (exact) mass is 761 g/mol. The number of Topliss-reactive ketones (excluding diaryl/α,β-unsaturated/α-hetero) is 2. The van der Waals surface area contributed by atoms with E-state index < -0.39 is 69.8 Å². The summed E-state index contributed by atoms with van der Waals surface area (Å²) >= 11 is 0. The zero-order chi connectivity index (χ0) is 39.7. The van der Waals surface area contributed by atoms with E-state index >= 15 is 4.79 Å². The van der Waals surface area contributed by atoms with E-state index in [1.165, 1.54) is 21.1 Å². The molecule has 8 atom stereocenters. The number of aliphatic hydroxyl groups excluding tert-OH is 1. The lowest BCUT2D eigenvalue weighted by molar-refractivity contribution is -0.279. The van der Waals surface area contributed by atoms with E-state index in [-0.39, 0.29) is 83.6 Å². The Balaban J connectivity index is 1.97. The third-order valence-electron chi connectivity index (χ3n) is 11.7. The summed E-state index contributed by atoms with van der Waals surface area (Å²) in [6, 6.07) is 8.49. The molecule has 4 saturated carbocycles. The van der Waals surface area contributed by atoms with Gasteiger partial charge in [0, 0.05) is 46.1 Å². The van der Waals surface area contributed by atoms with Crippen LogP contribution in [-0.2, 0) is 47.5 Å². The van der Waals surface area contributed by atoms with Crippen LogP contribution in [0.4, 0.5) is 4.79 Å². The Hall–Kier alpha value is -3.43. The summed E-state index contributed by atoms with van der Waals surface area (Å²) in [4.78, 5) is 69.2. The maximum atomic E-state index is 16.3. The number of carbonyl (C=O) groups excluding carboxylic acids is 5. The number of alkyl carbamates (subject to hydrolysis) is 1. The molecule has 2 N–H and O–H groups in total. The van der Waals surface area contributed by atoms with E-state index in [0.717, 1.165) is 0 Å². The number of amides is 1. The highest BCUT2D eigenvalue weighted by Gasteiger charge is 2.79. The maximum absolute atomic E-state index is 16.3. The van der Waals surface area contributed by atoms with Crippen LogP contribution < -0.4 is 5.32 Å². The molecule has 0 aliphatic heterocycles. The van der Waals surface area contributed by atoms with Crippen LogP contribution >= 0.6 is 0 Å². The topological polar surface area (TPSA) is 182 Å². The van der Waals surface area contributed by atoms with Crippen molar-refractivity contribution in [3.8, 4) is 0 Å².